The van der Waals surface area contributed by atoms with E-state index in [1.165, 1.54) is 7.11 Å². The van der Waals surface area contributed by atoms with Crippen LogP contribution in [0.4, 0.5) is 11.5 Å². The molecule has 1 fully saturated rings. The number of pyridine rings is 1. The first-order valence-corrected chi connectivity index (χ1v) is 12.0. The van der Waals surface area contributed by atoms with Gasteiger partial charge >= 0.3 is 0 Å². The lowest BCUT2D eigenvalue weighted by Crippen LogP contribution is -2.46. The van der Waals surface area contributed by atoms with E-state index in [-0.39, 0.29) is 24.8 Å². The fourth-order valence-corrected chi connectivity index (χ4v) is 4.19. The van der Waals surface area contributed by atoms with Crippen molar-refractivity contribution in [3.05, 3.63) is 48.2 Å². The van der Waals surface area contributed by atoms with E-state index in [0.29, 0.717) is 23.4 Å². The second kappa shape index (κ2) is 13.1. The summed E-state index contributed by atoms with van der Waals surface area (Å²) >= 11 is 0. The van der Waals surface area contributed by atoms with Crippen molar-refractivity contribution in [1.82, 2.24) is 9.88 Å². The van der Waals surface area contributed by atoms with Crippen molar-refractivity contribution in [2.24, 2.45) is 0 Å². The van der Waals surface area contributed by atoms with Gasteiger partial charge in [-0.3, -0.25) is 9.62 Å². The van der Waals surface area contributed by atoms with Crippen molar-refractivity contribution in [1.29, 1.82) is 0 Å². The first kappa shape index (κ1) is 28.3. The van der Waals surface area contributed by atoms with Crippen LogP contribution in [0.25, 0.3) is 0 Å². The second-order valence-corrected chi connectivity index (χ2v) is 9.26. The molecule has 0 aliphatic carbocycles. The van der Waals surface area contributed by atoms with E-state index >= 15 is 0 Å². The molecule has 180 valence electrons. The van der Waals surface area contributed by atoms with Crippen molar-refractivity contribution >= 4 is 46.3 Å². The molecule has 1 atom stereocenters. The van der Waals surface area contributed by atoms with E-state index in [0.717, 1.165) is 51.2 Å². The van der Waals surface area contributed by atoms with Crippen LogP contribution in [-0.4, -0.2) is 69.5 Å². The van der Waals surface area contributed by atoms with Crippen LogP contribution in [0, 0.1) is 0 Å². The number of anilines is 2. The molecular weight excluding hydrogens is 475 g/mol. The van der Waals surface area contributed by atoms with Crippen molar-refractivity contribution in [3.8, 4) is 5.75 Å². The molecule has 1 saturated heterocycles. The molecule has 0 bridgehead atoms. The highest BCUT2D eigenvalue weighted by atomic mass is 35.5. The van der Waals surface area contributed by atoms with Crippen LogP contribution in [0.2, 0.25) is 0 Å². The molecule has 8 nitrogen and oxygen atoms in total. The number of hydrogen-bond donors (Lipinski definition) is 2. The third-order valence-electron chi connectivity index (χ3n) is 5.20. The van der Waals surface area contributed by atoms with Crippen LogP contribution in [0.1, 0.15) is 24.5 Å². The summed E-state index contributed by atoms with van der Waals surface area (Å²) in [5, 5.41) is 10.6. The molecule has 2 N–H and O–H groups in total. The van der Waals surface area contributed by atoms with Gasteiger partial charge in [0.1, 0.15) is 11.6 Å². The lowest BCUT2D eigenvalue weighted by Gasteiger charge is -2.35. The summed E-state index contributed by atoms with van der Waals surface area (Å²) < 4.78 is 30.8. The monoisotopic (exact) mass is 506 g/mol. The van der Waals surface area contributed by atoms with Gasteiger partial charge in [0.15, 0.2) is 0 Å². The van der Waals surface area contributed by atoms with Crippen molar-refractivity contribution in [3.63, 3.8) is 0 Å². The van der Waals surface area contributed by atoms with Crippen LogP contribution >= 0.6 is 24.8 Å². The quantitative estimate of drug-likeness (QED) is 0.539. The summed E-state index contributed by atoms with van der Waals surface area (Å²) in [6, 6.07) is 11.0. The van der Waals surface area contributed by atoms with Crippen LogP contribution < -0.4 is 14.4 Å². The Bertz CT molecular complexity index is 927. The van der Waals surface area contributed by atoms with E-state index in [9.17, 15) is 13.5 Å². The fraction of sp³-hybridized carbons (Fsp3) is 0.476. The number of sulfonamides is 1. The first-order valence-electron chi connectivity index (χ1n) is 10.1. The number of ether oxygens (including phenoxy) is 1. The maximum atomic E-state index is 11.6. The number of methoxy groups -OCH3 is 1. The number of halogens is 2. The molecule has 32 heavy (non-hydrogen) atoms. The molecule has 0 spiro atoms. The minimum atomic E-state index is -3.44. The van der Waals surface area contributed by atoms with E-state index in [4.69, 9.17) is 4.74 Å². The number of benzene rings is 1. The highest BCUT2D eigenvalue weighted by Crippen LogP contribution is 2.30. The molecule has 1 aliphatic rings. The van der Waals surface area contributed by atoms with Gasteiger partial charge in [-0.05, 0) is 49.2 Å². The molecule has 0 radical (unpaired) electrons. The largest absolute Gasteiger partial charge is 0.495 e. The average Bonchev–Trinajstić information content (AvgIpc) is 2.73. The minimum Gasteiger partial charge on any atom is -0.495 e. The Balaban J connectivity index is 0.00000256. The van der Waals surface area contributed by atoms with Gasteiger partial charge in [-0.1, -0.05) is 12.1 Å². The molecule has 0 amide bonds. The van der Waals surface area contributed by atoms with Crippen molar-refractivity contribution in [2.45, 2.75) is 18.9 Å². The fourth-order valence-electron chi connectivity index (χ4n) is 3.63. The Hall–Kier alpha value is -1.78. The number of nitrogens with zero attached hydrogens (tertiary/aromatic N) is 3. The molecule has 2 aromatic rings. The van der Waals surface area contributed by atoms with Gasteiger partial charge in [0, 0.05) is 32.4 Å². The van der Waals surface area contributed by atoms with Crippen LogP contribution in [0.3, 0.4) is 0 Å². The molecule has 0 saturated carbocycles. The van der Waals surface area contributed by atoms with E-state index in [1.54, 1.807) is 18.2 Å². The van der Waals surface area contributed by atoms with E-state index < -0.39 is 16.1 Å². The molecule has 11 heteroatoms. The third-order valence-corrected chi connectivity index (χ3v) is 5.79. The summed E-state index contributed by atoms with van der Waals surface area (Å²) in [7, 11) is -1.96. The zero-order valence-corrected chi connectivity index (χ0v) is 20.8. The summed E-state index contributed by atoms with van der Waals surface area (Å²) in [5.74, 6) is 1.44. The van der Waals surface area contributed by atoms with Gasteiger partial charge in [0.05, 0.1) is 25.2 Å². The smallest absolute Gasteiger partial charge is 0.229 e. The number of nitrogens with one attached hydrogen (secondary N) is 1. The predicted molar refractivity (Wildman–Crippen MR) is 133 cm³/mol. The lowest BCUT2D eigenvalue weighted by molar-refractivity contribution is 0.154. The van der Waals surface area contributed by atoms with Gasteiger partial charge in [0.25, 0.3) is 0 Å². The first-order chi connectivity index (χ1) is 14.4. The van der Waals surface area contributed by atoms with E-state index in [1.807, 2.05) is 24.4 Å². The maximum Gasteiger partial charge on any atom is 0.229 e. The zero-order chi connectivity index (χ0) is 21.6. The van der Waals surface area contributed by atoms with Gasteiger partial charge in [0.2, 0.25) is 10.0 Å². The molecular formula is C21H32Cl2N4O4S. The number of aliphatic hydroxyl groups is 1. The number of aromatic nitrogens is 1. The number of aliphatic hydroxyl groups excluding tert-OH is 1. The van der Waals surface area contributed by atoms with E-state index in [2.05, 4.69) is 19.5 Å². The number of piperazine rings is 1. The Morgan fingerprint density at radius 1 is 1.16 bits per heavy atom. The highest BCUT2D eigenvalue weighted by molar-refractivity contribution is 7.92. The number of hydrogen-bond acceptors (Lipinski definition) is 7. The molecule has 1 aromatic carbocycles. The SMILES string of the molecule is COc1ccc(C(O)CCCN2CCN(c3ccccn3)CC2)cc1NS(C)(=O)=O.Cl.Cl. The summed E-state index contributed by atoms with van der Waals surface area (Å²) in [6.07, 6.45) is 3.70. The van der Waals surface area contributed by atoms with Gasteiger partial charge < -0.3 is 14.7 Å². The topological polar surface area (TPSA) is 95.0 Å². The Morgan fingerprint density at radius 3 is 2.47 bits per heavy atom. The average molecular weight is 507 g/mol. The Morgan fingerprint density at radius 2 is 1.88 bits per heavy atom. The molecule has 1 unspecified atom stereocenters. The summed E-state index contributed by atoms with van der Waals surface area (Å²) in [6.45, 7) is 4.74. The van der Waals surface area contributed by atoms with Crippen LogP contribution in [0.15, 0.2) is 42.6 Å². The molecule has 3 rings (SSSR count). The summed E-state index contributed by atoms with van der Waals surface area (Å²) in [5.41, 5.74) is 1.00. The van der Waals surface area contributed by atoms with Gasteiger partial charge in [-0.2, -0.15) is 0 Å². The lowest BCUT2D eigenvalue weighted by atomic mass is 10.0. The van der Waals surface area contributed by atoms with Crippen LogP contribution in [-0.2, 0) is 10.0 Å². The van der Waals surface area contributed by atoms with Crippen molar-refractivity contribution in [2.75, 3.05) is 55.7 Å². The Kier molecular flexibility index (Phi) is 11.5. The van der Waals surface area contributed by atoms with Gasteiger partial charge in [-0.15, -0.1) is 24.8 Å². The standard InChI is InChI=1S/C21H30N4O4S.2ClH/c1-29-20-9-8-17(16-18(20)23-30(2,27)28)19(26)6-5-11-24-12-14-25(15-13-24)21-7-3-4-10-22-21;;/h3-4,7-10,16,19,23,26H,5-6,11-15H2,1-2H3;2*1H. The Labute approximate surface area is 202 Å². The molecule has 1 aromatic heterocycles. The highest BCUT2D eigenvalue weighted by Gasteiger charge is 2.18. The predicted octanol–water partition coefficient (Wildman–Crippen LogP) is 2.94. The third kappa shape index (κ3) is 8.29. The second-order valence-electron chi connectivity index (χ2n) is 7.51. The summed E-state index contributed by atoms with van der Waals surface area (Å²) in [4.78, 5) is 9.10. The van der Waals surface area contributed by atoms with Gasteiger partial charge in [-0.25, -0.2) is 13.4 Å². The van der Waals surface area contributed by atoms with Crippen molar-refractivity contribution < 1.29 is 18.3 Å². The minimum absolute atomic E-state index is 0. The molecule has 2 heterocycles. The van der Waals surface area contributed by atoms with Crippen LogP contribution in [0.5, 0.6) is 5.75 Å². The zero-order valence-electron chi connectivity index (χ0n) is 18.3. The molecule has 1 aliphatic heterocycles. The number of rotatable bonds is 9. The normalized spacial score (nSPS) is 15.3. The maximum absolute atomic E-state index is 11.6.